The molecule has 3 nitrogen and oxygen atoms in total. The van der Waals surface area contributed by atoms with E-state index in [2.05, 4.69) is 41.5 Å². The Balaban J connectivity index is 1.36. The van der Waals surface area contributed by atoms with Crippen molar-refractivity contribution in [1.29, 1.82) is 0 Å². The van der Waals surface area contributed by atoms with Gasteiger partial charge in [0.2, 0.25) is 5.91 Å². The molecule has 0 radical (unpaired) electrons. The molecule has 2 saturated carbocycles. The van der Waals surface area contributed by atoms with Gasteiger partial charge in [-0.3, -0.25) is 4.79 Å². The number of carbonyl (C=O) groups excluding carboxylic acids is 1. The first-order valence-corrected chi connectivity index (χ1v) is 8.28. The molecular weight excluding hydrogens is 260 g/mol. The predicted molar refractivity (Wildman–Crippen MR) is 86.3 cm³/mol. The second-order valence-corrected chi connectivity index (χ2v) is 6.68. The molecule has 2 aliphatic carbocycles. The van der Waals surface area contributed by atoms with Crippen LogP contribution in [0.25, 0.3) is 0 Å². The molecule has 1 amide bonds. The van der Waals surface area contributed by atoms with Crippen molar-refractivity contribution >= 4 is 11.6 Å². The van der Waals surface area contributed by atoms with Crippen LogP contribution in [0.3, 0.4) is 0 Å². The number of hydrogen-bond acceptors (Lipinski definition) is 2. The summed E-state index contributed by atoms with van der Waals surface area (Å²) in [6.07, 6.45) is 6.07. The van der Waals surface area contributed by atoms with Crippen LogP contribution in [-0.2, 0) is 4.79 Å². The third kappa shape index (κ3) is 3.39. The summed E-state index contributed by atoms with van der Waals surface area (Å²) in [5.41, 5.74) is 1.23. The molecule has 1 aromatic carbocycles. The van der Waals surface area contributed by atoms with Gasteiger partial charge in [-0.15, -0.1) is 0 Å². The van der Waals surface area contributed by atoms with Crippen LogP contribution in [0.1, 0.15) is 32.1 Å². The van der Waals surface area contributed by atoms with Crippen LogP contribution in [0.5, 0.6) is 0 Å². The van der Waals surface area contributed by atoms with Crippen LogP contribution in [0.4, 0.5) is 5.69 Å². The molecule has 114 valence electrons. The molecule has 2 aliphatic rings. The molecule has 0 saturated heterocycles. The van der Waals surface area contributed by atoms with E-state index in [1.165, 1.54) is 24.9 Å². The van der Waals surface area contributed by atoms with Gasteiger partial charge in [-0.2, -0.15) is 0 Å². The van der Waals surface area contributed by atoms with E-state index in [1.54, 1.807) is 0 Å². The lowest BCUT2D eigenvalue weighted by Crippen LogP contribution is -2.35. The van der Waals surface area contributed by atoms with E-state index in [-0.39, 0.29) is 0 Å². The third-order valence-corrected chi connectivity index (χ3v) is 5.24. The van der Waals surface area contributed by atoms with Crippen molar-refractivity contribution in [1.82, 2.24) is 5.32 Å². The van der Waals surface area contributed by atoms with Gasteiger partial charge in [0, 0.05) is 31.7 Å². The van der Waals surface area contributed by atoms with Crippen molar-refractivity contribution in [2.45, 2.75) is 32.1 Å². The van der Waals surface area contributed by atoms with Crippen molar-refractivity contribution < 1.29 is 4.79 Å². The zero-order valence-corrected chi connectivity index (χ0v) is 12.9. The fourth-order valence-corrected chi connectivity index (χ4v) is 4.04. The maximum atomic E-state index is 12.2. The van der Waals surface area contributed by atoms with E-state index in [4.69, 9.17) is 0 Å². The number of anilines is 1. The molecule has 0 heterocycles. The van der Waals surface area contributed by atoms with E-state index in [0.717, 1.165) is 31.8 Å². The van der Waals surface area contributed by atoms with E-state index in [9.17, 15) is 4.79 Å². The molecule has 21 heavy (non-hydrogen) atoms. The topological polar surface area (TPSA) is 32.3 Å². The second kappa shape index (κ2) is 6.50. The van der Waals surface area contributed by atoms with Crippen molar-refractivity contribution in [3.63, 3.8) is 0 Å². The minimum atomic E-state index is 0.310. The predicted octanol–water partition coefficient (Wildman–Crippen LogP) is 3.07. The highest BCUT2D eigenvalue weighted by Gasteiger charge is 2.42. The summed E-state index contributed by atoms with van der Waals surface area (Å²) < 4.78 is 0. The molecule has 2 fully saturated rings. The van der Waals surface area contributed by atoms with Gasteiger partial charge in [0.05, 0.1) is 0 Å². The molecule has 3 atom stereocenters. The molecule has 0 spiro atoms. The highest BCUT2D eigenvalue weighted by molar-refractivity contribution is 5.79. The SMILES string of the molecule is CN(CCCNC(=O)C1CC2CCC1C2)c1ccccc1. The first-order chi connectivity index (χ1) is 10.2. The van der Waals surface area contributed by atoms with Gasteiger partial charge in [-0.05, 0) is 49.7 Å². The highest BCUT2D eigenvalue weighted by Crippen LogP contribution is 2.48. The standard InChI is InChI=1S/C18H26N2O/c1-20(16-6-3-2-4-7-16)11-5-10-19-18(21)17-13-14-8-9-15(17)12-14/h2-4,6-7,14-15,17H,5,8-13H2,1H3,(H,19,21). The van der Waals surface area contributed by atoms with Crippen molar-refractivity contribution in [2.24, 2.45) is 17.8 Å². The van der Waals surface area contributed by atoms with Crippen molar-refractivity contribution in [2.75, 3.05) is 25.0 Å². The van der Waals surface area contributed by atoms with Gasteiger partial charge in [0.15, 0.2) is 0 Å². The Morgan fingerprint density at radius 2 is 2.05 bits per heavy atom. The zero-order chi connectivity index (χ0) is 14.7. The summed E-state index contributed by atoms with van der Waals surface area (Å²) in [5.74, 6) is 2.15. The summed E-state index contributed by atoms with van der Waals surface area (Å²) >= 11 is 0. The summed E-state index contributed by atoms with van der Waals surface area (Å²) in [6, 6.07) is 10.4. The average molecular weight is 286 g/mol. The Kier molecular flexibility index (Phi) is 4.47. The Bertz CT molecular complexity index is 473. The molecule has 3 unspecified atom stereocenters. The zero-order valence-electron chi connectivity index (χ0n) is 12.9. The van der Waals surface area contributed by atoms with Gasteiger partial charge < -0.3 is 10.2 Å². The van der Waals surface area contributed by atoms with Crippen molar-refractivity contribution in [3.8, 4) is 0 Å². The number of nitrogens with zero attached hydrogens (tertiary/aromatic N) is 1. The smallest absolute Gasteiger partial charge is 0.223 e. The minimum Gasteiger partial charge on any atom is -0.375 e. The first kappa shape index (κ1) is 14.4. The summed E-state index contributed by atoms with van der Waals surface area (Å²) in [5, 5.41) is 3.15. The lowest BCUT2D eigenvalue weighted by Gasteiger charge is -2.22. The van der Waals surface area contributed by atoms with Gasteiger partial charge in [-0.25, -0.2) is 0 Å². The van der Waals surface area contributed by atoms with E-state index in [0.29, 0.717) is 17.7 Å². The number of fused-ring (bicyclic) bond motifs is 2. The maximum Gasteiger partial charge on any atom is 0.223 e. The third-order valence-electron chi connectivity index (χ3n) is 5.24. The summed E-state index contributed by atoms with van der Waals surface area (Å²) in [6.45, 7) is 1.77. The van der Waals surface area contributed by atoms with Gasteiger partial charge in [0.1, 0.15) is 0 Å². The summed E-state index contributed by atoms with van der Waals surface area (Å²) in [7, 11) is 2.10. The Hall–Kier alpha value is -1.51. The number of amides is 1. The van der Waals surface area contributed by atoms with Crippen LogP contribution in [0, 0.1) is 17.8 Å². The monoisotopic (exact) mass is 286 g/mol. The Morgan fingerprint density at radius 3 is 2.71 bits per heavy atom. The number of para-hydroxylation sites is 1. The van der Waals surface area contributed by atoms with E-state index >= 15 is 0 Å². The van der Waals surface area contributed by atoms with Crippen LogP contribution < -0.4 is 10.2 Å². The van der Waals surface area contributed by atoms with Crippen molar-refractivity contribution in [3.05, 3.63) is 30.3 Å². The molecule has 3 rings (SSSR count). The fraction of sp³-hybridized carbons (Fsp3) is 0.611. The van der Waals surface area contributed by atoms with E-state index in [1.807, 2.05) is 6.07 Å². The molecular formula is C18H26N2O. The van der Waals surface area contributed by atoms with Gasteiger partial charge in [0.25, 0.3) is 0 Å². The molecule has 1 N–H and O–H groups in total. The number of hydrogen-bond donors (Lipinski definition) is 1. The number of nitrogens with one attached hydrogen (secondary N) is 1. The highest BCUT2D eigenvalue weighted by atomic mass is 16.1. The van der Waals surface area contributed by atoms with E-state index < -0.39 is 0 Å². The lowest BCUT2D eigenvalue weighted by molar-refractivity contribution is -0.126. The quantitative estimate of drug-likeness (QED) is 0.815. The normalized spacial score (nSPS) is 26.8. The maximum absolute atomic E-state index is 12.2. The fourth-order valence-electron chi connectivity index (χ4n) is 4.04. The van der Waals surface area contributed by atoms with Crippen LogP contribution in [-0.4, -0.2) is 26.0 Å². The Morgan fingerprint density at radius 1 is 1.24 bits per heavy atom. The lowest BCUT2D eigenvalue weighted by atomic mass is 9.88. The van der Waals surface area contributed by atoms with Gasteiger partial charge in [-0.1, -0.05) is 24.6 Å². The summed E-state index contributed by atoms with van der Waals surface area (Å²) in [4.78, 5) is 14.5. The second-order valence-electron chi connectivity index (χ2n) is 6.68. The van der Waals surface area contributed by atoms with Crippen LogP contribution in [0.15, 0.2) is 30.3 Å². The molecule has 3 heteroatoms. The van der Waals surface area contributed by atoms with Gasteiger partial charge >= 0.3 is 0 Å². The average Bonchev–Trinajstić information content (AvgIpc) is 3.15. The Labute approximate surface area is 127 Å². The molecule has 0 aliphatic heterocycles. The first-order valence-electron chi connectivity index (χ1n) is 8.28. The van der Waals surface area contributed by atoms with Crippen LogP contribution >= 0.6 is 0 Å². The molecule has 1 aromatic rings. The molecule has 2 bridgehead atoms. The number of carbonyl (C=O) groups is 1. The number of benzene rings is 1. The van der Waals surface area contributed by atoms with Crippen LogP contribution in [0.2, 0.25) is 0 Å². The largest absolute Gasteiger partial charge is 0.375 e. The number of rotatable bonds is 6. The molecule has 0 aromatic heterocycles. The minimum absolute atomic E-state index is 0.310.